The third-order valence-electron chi connectivity index (χ3n) is 3.84. The van der Waals surface area contributed by atoms with Gasteiger partial charge in [-0.3, -0.25) is 19.4 Å². The number of nitrogens with two attached hydrogens (primary N) is 1. The normalized spacial score (nSPS) is 27.7. The molecule has 0 radical (unpaired) electrons. The van der Waals surface area contributed by atoms with E-state index in [1.54, 1.807) is 4.90 Å². The third kappa shape index (κ3) is 5.22. The van der Waals surface area contributed by atoms with E-state index in [4.69, 9.17) is 10.5 Å². The molecule has 2 rings (SSSR count). The van der Waals surface area contributed by atoms with Gasteiger partial charge in [-0.2, -0.15) is 0 Å². The highest BCUT2D eigenvalue weighted by Gasteiger charge is 2.32. The van der Waals surface area contributed by atoms with E-state index in [1.165, 1.54) is 0 Å². The zero-order valence-corrected chi connectivity index (χ0v) is 12.1. The fourth-order valence-electron chi connectivity index (χ4n) is 2.78. The van der Waals surface area contributed by atoms with E-state index in [2.05, 4.69) is 5.32 Å². The van der Waals surface area contributed by atoms with Crippen molar-refractivity contribution in [1.82, 2.24) is 15.1 Å². The van der Waals surface area contributed by atoms with Crippen LogP contribution in [0.1, 0.15) is 6.42 Å². The van der Waals surface area contributed by atoms with Crippen LogP contribution in [0.5, 0.6) is 0 Å². The molecule has 120 valence electrons. The molecule has 0 unspecified atom stereocenters. The summed E-state index contributed by atoms with van der Waals surface area (Å²) in [6, 6.07) is -0.166. The first-order valence-electron chi connectivity index (χ1n) is 7.28. The fraction of sp³-hybridized carbons (Fsp3) is 0.846. The molecule has 2 saturated heterocycles. The van der Waals surface area contributed by atoms with Gasteiger partial charge in [-0.1, -0.05) is 0 Å². The second-order valence-corrected chi connectivity index (χ2v) is 5.58. The van der Waals surface area contributed by atoms with Crippen molar-refractivity contribution in [2.24, 2.45) is 5.73 Å². The molecule has 0 aliphatic carbocycles. The van der Waals surface area contributed by atoms with E-state index in [-0.39, 0.29) is 25.0 Å². The van der Waals surface area contributed by atoms with Crippen LogP contribution in [0.25, 0.3) is 0 Å². The number of rotatable bonds is 6. The van der Waals surface area contributed by atoms with Crippen molar-refractivity contribution in [3.63, 3.8) is 0 Å². The van der Waals surface area contributed by atoms with Gasteiger partial charge in [0.2, 0.25) is 11.8 Å². The SMILES string of the molecule is NC(=O)CN1C[C@@H](F)C[C@H]1CNC(=O)CN1CCOCC1. The lowest BCUT2D eigenvalue weighted by Gasteiger charge is -2.27. The number of morpholine rings is 1. The van der Waals surface area contributed by atoms with Crippen LogP contribution in [-0.4, -0.2) is 86.3 Å². The standard InChI is InChI=1S/C13H23FN4O3/c14-10-5-11(18(7-10)8-12(15)19)6-16-13(20)9-17-1-3-21-4-2-17/h10-11H,1-9H2,(H2,15,19)(H,16,20)/t10-,11-/m0/s1. The topological polar surface area (TPSA) is 87.9 Å². The number of halogens is 1. The fourth-order valence-corrected chi connectivity index (χ4v) is 2.78. The van der Waals surface area contributed by atoms with E-state index in [1.807, 2.05) is 4.90 Å². The largest absolute Gasteiger partial charge is 0.379 e. The highest BCUT2D eigenvalue weighted by molar-refractivity contribution is 5.78. The number of ether oxygens (including phenoxy) is 1. The summed E-state index contributed by atoms with van der Waals surface area (Å²) >= 11 is 0. The quantitative estimate of drug-likeness (QED) is 0.613. The number of nitrogens with zero attached hydrogens (tertiary/aromatic N) is 2. The third-order valence-corrected chi connectivity index (χ3v) is 3.84. The summed E-state index contributed by atoms with van der Waals surface area (Å²) in [6.45, 7) is 3.69. The molecule has 2 heterocycles. The van der Waals surface area contributed by atoms with Crippen molar-refractivity contribution in [1.29, 1.82) is 0 Å². The number of primary amides is 1. The maximum absolute atomic E-state index is 13.4. The Bertz CT molecular complexity index is 376. The molecule has 0 aromatic rings. The molecule has 2 aliphatic heterocycles. The predicted molar refractivity (Wildman–Crippen MR) is 74.3 cm³/mol. The molecule has 0 bridgehead atoms. The van der Waals surface area contributed by atoms with Crippen LogP contribution in [0.4, 0.5) is 4.39 Å². The van der Waals surface area contributed by atoms with Crippen molar-refractivity contribution < 1.29 is 18.7 Å². The first-order chi connectivity index (χ1) is 10.0. The highest BCUT2D eigenvalue weighted by Crippen LogP contribution is 2.19. The highest BCUT2D eigenvalue weighted by atomic mass is 19.1. The van der Waals surface area contributed by atoms with Gasteiger partial charge in [-0.15, -0.1) is 0 Å². The van der Waals surface area contributed by atoms with E-state index < -0.39 is 12.1 Å². The minimum absolute atomic E-state index is 0.0322. The maximum Gasteiger partial charge on any atom is 0.234 e. The molecule has 0 aromatic carbocycles. The maximum atomic E-state index is 13.4. The number of likely N-dealkylation sites (tertiary alicyclic amines) is 1. The van der Waals surface area contributed by atoms with Crippen molar-refractivity contribution in [2.75, 3.05) is 52.5 Å². The summed E-state index contributed by atoms with van der Waals surface area (Å²) in [6.07, 6.45) is -0.643. The van der Waals surface area contributed by atoms with Crippen LogP contribution in [0.2, 0.25) is 0 Å². The van der Waals surface area contributed by atoms with Crippen LogP contribution >= 0.6 is 0 Å². The number of hydrogen-bond acceptors (Lipinski definition) is 5. The second kappa shape index (κ2) is 7.67. The Morgan fingerprint density at radius 2 is 2.00 bits per heavy atom. The van der Waals surface area contributed by atoms with Crippen molar-refractivity contribution in [2.45, 2.75) is 18.6 Å². The molecule has 2 fully saturated rings. The molecule has 8 heteroatoms. The van der Waals surface area contributed by atoms with Crippen LogP contribution < -0.4 is 11.1 Å². The summed E-state index contributed by atoms with van der Waals surface area (Å²) in [5, 5.41) is 2.81. The van der Waals surface area contributed by atoms with Gasteiger partial charge in [0.25, 0.3) is 0 Å². The number of alkyl halides is 1. The van der Waals surface area contributed by atoms with Crippen LogP contribution in [0.15, 0.2) is 0 Å². The minimum atomic E-state index is -0.967. The lowest BCUT2D eigenvalue weighted by atomic mass is 10.2. The lowest BCUT2D eigenvalue weighted by Crippen LogP contribution is -2.47. The molecule has 0 saturated carbocycles. The van der Waals surface area contributed by atoms with Crippen molar-refractivity contribution >= 4 is 11.8 Å². The molecule has 7 nitrogen and oxygen atoms in total. The van der Waals surface area contributed by atoms with Crippen molar-refractivity contribution in [3.05, 3.63) is 0 Å². The number of carbonyl (C=O) groups is 2. The van der Waals surface area contributed by atoms with E-state index in [0.717, 1.165) is 13.1 Å². The van der Waals surface area contributed by atoms with Gasteiger partial charge in [-0.05, 0) is 6.42 Å². The van der Waals surface area contributed by atoms with E-state index in [9.17, 15) is 14.0 Å². The zero-order valence-electron chi connectivity index (χ0n) is 12.1. The Morgan fingerprint density at radius 1 is 1.29 bits per heavy atom. The Balaban J connectivity index is 1.72. The lowest BCUT2D eigenvalue weighted by molar-refractivity contribution is -0.123. The Kier molecular flexibility index (Phi) is 5.89. The van der Waals surface area contributed by atoms with Gasteiger partial charge in [0.1, 0.15) is 6.17 Å². The minimum Gasteiger partial charge on any atom is -0.379 e. The van der Waals surface area contributed by atoms with Gasteiger partial charge in [0.05, 0.1) is 26.3 Å². The number of amides is 2. The summed E-state index contributed by atoms with van der Waals surface area (Å²) in [5.41, 5.74) is 5.15. The van der Waals surface area contributed by atoms with Gasteiger partial charge in [-0.25, -0.2) is 4.39 Å². The Hall–Kier alpha value is -1.25. The molecule has 0 spiro atoms. The van der Waals surface area contributed by atoms with Crippen LogP contribution in [0.3, 0.4) is 0 Å². The van der Waals surface area contributed by atoms with Crippen LogP contribution in [-0.2, 0) is 14.3 Å². The van der Waals surface area contributed by atoms with E-state index >= 15 is 0 Å². The molecule has 2 amide bonds. The van der Waals surface area contributed by atoms with Gasteiger partial charge >= 0.3 is 0 Å². The molecule has 3 N–H and O–H groups in total. The van der Waals surface area contributed by atoms with Gasteiger partial charge < -0.3 is 15.8 Å². The van der Waals surface area contributed by atoms with Gasteiger partial charge in [0.15, 0.2) is 0 Å². The number of carbonyl (C=O) groups excluding carboxylic acids is 2. The zero-order chi connectivity index (χ0) is 15.2. The predicted octanol–water partition coefficient (Wildman–Crippen LogP) is -1.67. The average molecular weight is 302 g/mol. The van der Waals surface area contributed by atoms with Gasteiger partial charge in [0, 0.05) is 32.2 Å². The smallest absolute Gasteiger partial charge is 0.234 e. The molecular weight excluding hydrogens is 279 g/mol. The molecule has 0 aromatic heterocycles. The van der Waals surface area contributed by atoms with Crippen LogP contribution in [0, 0.1) is 0 Å². The van der Waals surface area contributed by atoms with Crippen molar-refractivity contribution in [3.8, 4) is 0 Å². The second-order valence-electron chi connectivity index (χ2n) is 5.58. The number of hydrogen-bond donors (Lipinski definition) is 2. The Morgan fingerprint density at radius 3 is 2.67 bits per heavy atom. The first-order valence-corrected chi connectivity index (χ1v) is 7.28. The molecule has 21 heavy (non-hydrogen) atoms. The molecular formula is C13H23FN4O3. The summed E-state index contributed by atoms with van der Waals surface area (Å²) in [5.74, 6) is -0.563. The average Bonchev–Trinajstić information content (AvgIpc) is 2.77. The summed E-state index contributed by atoms with van der Waals surface area (Å²) in [4.78, 5) is 26.6. The summed E-state index contributed by atoms with van der Waals surface area (Å²) < 4.78 is 18.7. The summed E-state index contributed by atoms with van der Waals surface area (Å²) in [7, 11) is 0. The monoisotopic (exact) mass is 302 g/mol. The number of nitrogens with one attached hydrogen (secondary N) is 1. The Labute approximate surface area is 123 Å². The molecule has 2 atom stereocenters. The van der Waals surface area contributed by atoms with E-state index in [0.29, 0.717) is 32.7 Å². The molecule has 2 aliphatic rings. The first kappa shape index (κ1) is 16.1.